The molecule has 2 aromatic carbocycles. The minimum absolute atomic E-state index is 0. The van der Waals surface area contributed by atoms with E-state index >= 15 is 0 Å². The van der Waals surface area contributed by atoms with Crippen molar-refractivity contribution in [1.29, 1.82) is 0 Å². The van der Waals surface area contributed by atoms with Gasteiger partial charge in [-0.05, 0) is 61.1 Å². The molecule has 0 aliphatic heterocycles. The van der Waals surface area contributed by atoms with E-state index in [0.717, 1.165) is 36.8 Å². The van der Waals surface area contributed by atoms with Crippen molar-refractivity contribution < 1.29 is 25.9 Å². The summed E-state index contributed by atoms with van der Waals surface area (Å²) in [6.07, 6.45) is 11.4. The molecular formula is C24H34MgO6S2. The number of rotatable bonds is 12. The quantitative estimate of drug-likeness (QED) is 0.226. The van der Waals surface area contributed by atoms with E-state index in [9.17, 15) is 25.9 Å². The van der Waals surface area contributed by atoms with Crippen LogP contribution in [0.1, 0.15) is 76.3 Å². The molecule has 0 atom stereocenters. The predicted octanol–water partition coefficient (Wildman–Crippen LogP) is 5.05. The van der Waals surface area contributed by atoms with Gasteiger partial charge in [-0.2, -0.15) is 0 Å². The number of benzene rings is 2. The summed E-state index contributed by atoms with van der Waals surface area (Å²) in [6, 6.07) is 12.4. The van der Waals surface area contributed by atoms with Gasteiger partial charge in [0.05, 0.1) is 9.79 Å². The van der Waals surface area contributed by atoms with Crippen molar-refractivity contribution in [1.82, 2.24) is 0 Å². The third kappa shape index (κ3) is 14.1. The van der Waals surface area contributed by atoms with Crippen molar-refractivity contribution in [2.24, 2.45) is 0 Å². The molecule has 33 heavy (non-hydrogen) atoms. The van der Waals surface area contributed by atoms with E-state index in [0.29, 0.717) is 0 Å². The Bertz CT molecular complexity index is 903. The van der Waals surface area contributed by atoms with Gasteiger partial charge in [0, 0.05) is 0 Å². The molecule has 0 unspecified atom stereocenters. The summed E-state index contributed by atoms with van der Waals surface area (Å²) in [5, 5.41) is 0. The van der Waals surface area contributed by atoms with E-state index in [1.165, 1.54) is 62.8 Å². The van der Waals surface area contributed by atoms with Crippen LogP contribution in [0.2, 0.25) is 0 Å². The van der Waals surface area contributed by atoms with E-state index in [4.69, 9.17) is 0 Å². The number of aryl methyl sites for hydroxylation is 2. The van der Waals surface area contributed by atoms with Crippen molar-refractivity contribution in [3.63, 3.8) is 0 Å². The standard InChI is InChI=1S/2C12H18O3S.Mg/c2*1-2-3-4-5-6-11-7-9-12(10-8-11)16(13,14)15;/h2*7-10H,2-6H2,1H3,(H,13,14,15);/q;;+2/p-2. The van der Waals surface area contributed by atoms with E-state index in [1.807, 2.05) is 0 Å². The van der Waals surface area contributed by atoms with Crippen LogP contribution in [0.15, 0.2) is 58.3 Å². The molecule has 0 fully saturated rings. The Balaban J connectivity index is 0.000000602. The van der Waals surface area contributed by atoms with Crippen molar-refractivity contribution in [3.8, 4) is 0 Å². The first-order chi connectivity index (χ1) is 15.1. The Morgan fingerprint density at radius 1 is 0.545 bits per heavy atom. The zero-order valence-electron chi connectivity index (χ0n) is 19.7. The maximum Gasteiger partial charge on any atom is 2.00 e. The van der Waals surface area contributed by atoms with Gasteiger partial charge in [0.15, 0.2) is 0 Å². The SMILES string of the molecule is CCCCCCc1ccc(S(=O)(=O)[O-])cc1.CCCCCCc1ccc(S(=O)(=O)[O-])cc1.[Mg+2]. The molecule has 2 rings (SSSR count). The minimum Gasteiger partial charge on any atom is -0.744 e. The fourth-order valence-electron chi connectivity index (χ4n) is 3.16. The van der Waals surface area contributed by atoms with Crippen LogP contribution in [-0.2, 0) is 33.1 Å². The van der Waals surface area contributed by atoms with Gasteiger partial charge in [-0.1, -0.05) is 76.6 Å². The molecule has 0 aromatic heterocycles. The topological polar surface area (TPSA) is 114 Å². The van der Waals surface area contributed by atoms with Crippen molar-refractivity contribution in [2.75, 3.05) is 0 Å². The summed E-state index contributed by atoms with van der Waals surface area (Å²) >= 11 is 0. The van der Waals surface area contributed by atoms with Gasteiger partial charge < -0.3 is 9.11 Å². The van der Waals surface area contributed by atoms with Crippen LogP contribution >= 0.6 is 0 Å². The number of unbranched alkanes of at least 4 members (excludes halogenated alkanes) is 6. The first-order valence-electron chi connectivity index (χ1n) is 11.2. The summed E-state index contributed by atoms with van der Waals surface area (Å²) in [4.78, 5) is -0.297. The smallest absolute Gasteiger partial charge is 0.744 e. The summed E-state index contributed by atoms with van der Waals surface area (Å²) in [7, 11) is -8.60. The molecule has 0 radical (unpaired) electrons. The normalized spacial score (nSPS) is 11.3. The van der Waals surface area contributed by atoms with Gasteiger partial charge in [0.2, 0.25) is 0 Å². The monoisotopic (exact) mass is 506 g/mol. The van der Waals surface area contributed by atoms with Crippen LogP contribution in [0.5, 0.6) is 0 Å². The van der Waals surface area contributed by atoms with Crippen LogP contribution in [0.3, 0.4) is 0 Å². The summed E-state index contributed by atoms with van der Waals surface area (Å²) in [6.45, 7) is 4.32. The first-order valence-corrected chi connectivity index (χ1v) is 14.0. The van der Waals surface area contributed by atoms with Crippen LogP contribution < -0.4 is 0 Å². The molecule has 0 saturated carbocycles. The van der Waals surface area contributed by atoms with E-state index < -0.39 is 20.2 Å². The molecule has 0 N–H and O–H groups in total. The Morgan fingerprint density at radius 3 is 1.09 bits per heavy atom. The second kappa shape index (κ2) is 16.6. The molecule has 0 spiro atoms. The van der Waals surface area contributed by atoms with Crippen molar-refractivity contribution >= 4 is 43.3 Å². The number of hydrogen-bond donors (Lipinski definition) is 0. The van der Waals surface area contributed by atoms with Gasteiger partial charge >= 0.3 is 23.1 Å². The zero-order valence-corrected chi connectivity index (χ0v) is 22.7. The minimum atomic E-state index is -4.30. The summed E-state index contributed by atoms with van der Waals surface area (Å²) < 4.78 is 64.1. The molecular weight excluding hydrogens is 473 g/mol. The summed E-state index contributed by atoms with van der Waals surface area (Å²) in [5.74, 6) is 0. The van der Waals surface area contributed by atoms with Crippen molar-refractivity contribution in [2.45, 2.75) is 87.8 Å². The second-order valence-corrected chi connectivity index (χ2v) is 10.6. The largest absolute Gasteiger partial charge is 2.00 e. The zero-order chi connectivity index (χ0) is 24.0. The third-order valence-electron chi connectivity index (χ3n) is 5.06. The molecule has 0 saturated heterocycles. The van der Waals surface area contributed by atoms with Crippen LogP contribution in [0.4, 0.5) is 0 Å². The molecule has 0 aliphatic rings. The molecule has 180 valence electrons. The molecule has 0 heterocycles. The second-order valence-electron chi connectivity index (χ2n) is 7.82. The fraction of sp³-hybridized carbons (Fsp3) is 0.500. The van der Waals surface area contributed by atoms with Gasteiger partial charge in [0.1, 0.15) is 20.2 Å². The number of hydrogen-bond acceptors (Lipinski definition) is 6. The first kappa shape index (κ1) is 32.0. The van der Waals surface area contributed by atoms with E-state index in [2.05, 4.69) is 13.8 Å². The van der Waals surface area contributed by atoms with Crippen LogP contribution in [0.25, 0.3) is 0 Å². The average molecular weight is 507 g/mol. The summed E-state index contributed by atoms with van der Waals surface area (Å²) in [5.41, 5.74) is 2.17. The molecule has 9 heteroatoms. The van der Waals surface area contributed by atoms with Gasteiger partial charge in [-0.15, -0.1) is 0 Å². The fourth-order valence-corrected chi connectivity index (χ4v) is 4.10. The Morgan fingerprint density at radius 2 is 0.848 bits per heavy atom. The van der Waals surface area contributed by atoms with Crippen molar-refractivity contribution in [3.05, 3.63) is 59.7 Å². The third-order valence-corrected chi connectivity index (χ3v) is 6.76. The average Bonchev–Trinajstić information content (AvgIpc) is 2.74. The van der Waals surface area contributed by atoms with E-state index in [1.54, 1.807) is 24.3 Å². The Kier molecular flexibility index (Phi) is 16.1. The molecule has 0 bridgehead atoms. The Hall–Kier alpha value is -0.974. The Labute approximate surface area is 215 Å². The van der Waals surface area contributed by atoms with Crippen LogP contribution in [-0.4, -0.2) is 49.0 Å². The van der Waals surface area contributed by atoms with Gasteiger partial charge in [-0.25, -0.2) is 16.8 Å². The predicted molar refractivity (Wildman–Crippen MR) is 130 cm³/mol. The maximum absolute atomic E-state index is 10.7. The molecule has 0 aliphatic carbocycles. The van der Waals surface area contributed by atoms with Gasteiger partial charge in [-0.3, -0.25) is 0 Å². The van der Waals surface area contributed by atoms with Crippen LogP contribution in [0, 0.1) is 0 Å². The molecule has 6 nitrogen and oxygen atoms in total. The maximum atomic E-state index is 10.7. The van der Waals surface area contributed by atoms with Gasteiger partial charge in [0.25, 0.3) is 0 Å². The van der Waals surface area contributed by atoms with E-state index in [-0.39, 0.29) is 32.8 Å². The molecule has 0 amide bonds. The molecule has 2 aromatic rings.